The summed E-state index contributed by atoms with van der Waals surface area (Å²) in [6.07, 6.45) is -4.54. The van der Waals surface area contributed by atoms with Crippen molar-refractivity contribution >= 4 is 34.9 Å². The summed E-state index contributed by atoms with van der Waals surface area (Å²) in [5.41, 5.74) is 0.868. The van der Waals surface area contributed by atoms with E-state index < -0.39 is 47.9 Å². The highest BCUT2D eigenvalue weighted by molar-refractivity contribution is 6.19. The number of halogens is 3. The number of aliphatic imine (C=N–C) groups is 1. The first-order valence-electron chi connectivity index (χ1n) is 12.8. The number of aliphatic hydroxyl groups is 1. The molecule has 1 aliphatic heterocycles. The van der Waals surface area contributed by atoms with E-state index in [1.54, 1.807) is 24.3 Å². The van der Waals surface area contributed by atoms with Crippen LogP contribution in [-0.2, 0) is 15.7 Å². The molecule has 212 valence electrons. The monoisotopic (exact) mass is 565 g/mol. The second-order valence-electron chi connectivity index (χ2n) is 9.55. The number of ether oxygens (including phenoxy) is 1. The van der Waals surface area contributed by atoms with Crippen LogP contribution >= 0.6 is 0 Å². The minimum atomic E-state index is -4.69. The van der Waals surface area contributed by atoms with Gasteiger partial charge in [0.2, 0.25) is 12.1 Å². The van der Waals surface area contributed by atoms with Crippen molar-refractivity contribution in [1.82, 2.24) is 10.3 Å². The van der Waals surface area contributed by atoms with Crippen LogP contribution in [0, 0.1) is 10.8 Å². The number of anilines is 2. The zero-order valence-electron chi connectivity index (χ0n) is 21.5. The molecular formula is C28H26F3N7O3. The van der Waals surface area contributed by atoms with Crippen molar-refractivity contribution in [2.75, 3.05) is 10.6 Å². The van der Waals surface area contributed by atoms with Crippen LogP contribution in [0.15, 0.2) is 71.9 Å². The van der Waals surface area contributed by atoms with E-state index in [-0.39, 0.29) is 11.4 Å². The minimum absolute atomic E-state index is 0.171. The van der Waals surface area contributed by atoms with E-state index >= 15 is 0 Å². The molecule has 41 heavy (non-hydrogen) atoms. The number of nitrogens with one attached hydrogen (secondary N) is 5. The van der Waals surface area contributed by atoms with Gasteiger partial charge in [-0.15, -0.1) is 0 Å². The SMILES string of the molecule is N=C(N[C@H]1N=C(c2ccccc2)c2ccccc2NC1=O)OC(=N)c1ncc(C(F)(F)F)cc1N[C@@H]1CCC[C@@H]1O. The van der Waals surface area contributed by atoms with Gasteiger partial charge in [-0.25, -0.2) is 9.98 Å². The van der Waals surface area contributed by atoms with Crippen LogP contribution < -0.4 is 16.0 Å². The lowest BCUT2D eigenvalue weighted by atomic mass is 10.0. The number of benzodiazepines with no additional fused rings is 1. The second kappa shape index (κ2) is 11.4. The van der Waals surface area contributed by atoms with Crippen molar-refractivity contribution in [3.63, 3.8) is 0 Å². The summed E-state index contributed by atoms with van der Waals surface area (Å²) in [6.45, 7) is 0. The number of alkyl halides is 3. The molecule has 5 rings (SSSR count). The van der Waals surface area contributed by atoms with E-state index in [2.05, 4.69) is 25.9 Å². The third-order valence-corrected chi connectivity index (χ3v) is 6.72. The fourth-order valence-corrected chi connectivity index (χ4v) is 4.70. The quantitative estimate of drug-likeness (QED) is 0.202. The van der Waals surface area contributed by atoms with Gasteiger partial charge in [0.15, 0.2) is 0 Å². The first-order valence-corrected chi connectivity index (χ1v) is 12.8. The molecule has 0 unspecified atom stereocenters. The Labute approximate surface area is 232 Å². The molecule has 1 saturated carbocycles. The number of fused-ring (bicyclic) bond motifs is 1. The zero-order valence-corrected chi connectivity index (χ0v) is 21.5. The molecule has 0 radical (unpaired) electrons. The van der Waals surface area contributed by atoms with E-state index in [0.717, 1.165) is 11.6 Å². The van der Waals surface area contributed by atoms with Crippen molar-refractivity contribution in [3.8, 4) is 0 Å². The molecule has 1 aliphatic carbocycles. The van der Waals surface area contributed by atoms with Gasteiger partial charge in [0.25, 0.3) is 11.9 Å². The van der Waals surface area contributed by atoms with Gasteiger partial charge in [0, 0.05) is 17.3 Å². The number of pyridine rings is 1. The number of hydrogen-bond acceptors (Lipinski definition) is 8. The second-order valence-corrected chi connectivity index (χ2v) is 9.55. The average molecular weight is 566 g/mol. The van der Waals surface area contributed by atoms with E-state index in [0.29, 0.717) is 42.4 Å². The Morgan fingerprint density at radius 1 is 1.07 bits per heavy atom. The maximum absolute atomic E-state index is 13.4. The predicted molar refractivity (Wildman–Crippen MR) is 146 cm³/mol. The van der Waals surface area contributed by atoms with Crippen molar-refractivity contribution in [2.24, 2.45) is 4.99 Å². The Balaban J connectivity index is 1.38. The third kappa shape index (κ3) is 6.19. The molecule has 13 heteroatoms. The van der Waals surface area contributed by atoms with Crippen LogP contribution in [0.1, 0.15) is 41.6 Å². The maximum Gasteiger partial charge on any atom is 0.417 e. The molecule has 1 amide bonds. The van der Waals surface area contributed by atoms with E-state index in [1.807, 2.05) is 30.3 Å². The van der Waals surface area contributed by atoms with Crippen molar-refractivity contribution in [2.45, 2.75) is 43.8 Å². The Hall–Kier alpha value is -4.78. The van der Waals surface area contributed by atoms with Crippen LogP contribution in [-0.4, -0.2) is 51.9 Å². The number of carbonyl (C=O) groups excluding carboxylic acids is 1. The number of para-hydroxylation sites is 1. The average Bonchev–Trinajstić information content (AvgIpc) is 3.28. The third-order valence-electron chi connectivity index (χ3n) is 6.72. The predicted octanol–water partition coefficient (Wildman–Crippen LogP) is 4.11. The highest BCUT2D eigenvalue weighted by atomic mass is 19.4. The Kier molecular flexibility index (Phi) is 7.70. The fraction of sp³-hybridized carbons (Fsp3) is 0.250. The summed E-state index contributed by atoms with van der Waals surface area (Å²) in [5, 5.41) is 34.9. The van der Waals surface area contributed by atoms with E-state index in [9.17, 15) is 23.1 Å². The molecule has 0 spiro atoms. The molecule has 0 bridgehead atoms. The van der Waals surface area contributed by atoms with Gasteiger partial charge in [-0.3, -0.25) is 15.6 Å². The Morgan fingerprint density at radius 2 is 1.80 bits per heavy atom. The van der Waals surface area contributed by atoms with Gasteiger partial charge in [0.05, 0.1) is 34.8 Å². The highest BCUT2D eigenvalue weighted by Gasteiger charge is 2.34. The Morgan fingerprint density at radius 3 is 2.51 bits per heavy atom. The summed E-state index contributed by atoms with van der Waals surface area (Å²) in [7, 11) is 0. The fourth-order valence-electron chi connectivity index (χ4n) is 4.70. The number of nitrogens with zero attached hydrogens (tertiary/aromatic N) is 2. The molecule has 6 N–H and O–H groups in total. The highest BCUT2D eigenvalue weighted by Crippen LogP contribution is 2.33. The minimum Gasteiger partial charge on any atom is -0.405 e. The summed E-state index contributed by atoms with van der Waals surface area (Å²) in [6, 6.07) is 15.7. The van der Waals surface area contributed by atoms with Crippen molar-refractivity contribution in [1.29, 1.82) is 10.8 Å². The first-order chi connectivity index (χ1) is 19.6. The smallest absolute Gasteiger partial charge is 0.405 e. The molecule has 3 atom stereocenters. The number of benzene rings is 2. The van der Waals surface area contributed by atoms with Gasteiger partial charge >= 0.3 is 6.18 Å². The normalized spacial score (nSPS) is 20.2. The largest absolute Gasteiger partial charge is 0.417 e. The molecule has 2 heterocycles. The maximum atomic E-state index is 13.4. The zero-order chi connectivity index (χ0) is 29.1. The molecule has 3 aromatic rings. The van der Waals surface area contributed by atoms with Gasteiger partial charge in [0.1, 0.15) is 5.69 Å². The standard InChI is InChI=1S/C28H26F3N7O3/c29-28(30,31)16-13-20(35-19-11-6-12-21(19)39)23(34-14-16)24(32)41-27(33)38-25-26(40)36-18-10-5-4-9-17(18)22(37-25)15-7-2-1-3-8-15/h1-5,7-10,13-14,19,21,25,32,35,39H,6,11-12H2,(H2,33,38)(H,36,40)/t19-,21+,25-/m1/s1. The topological polar surface area (TPSA) is 156 Å². The number of aliphatic hydroxyl groups excluding tert-OH is 1. The molecule has 1 fully saturated rings. The molecule has 2 aromatic carbocycles. The van der Waals surface area contributed by atoms with Gasteiger partial charge in [-0.2, -0.15) is 13.2 Å². The number of amidine groups is 1. The molecule has 10 nitrogen and oxygen atoms in total. The Bertz CT molecular complexity index is 1510. The van der Waals surface area contributed by atoms with Crippen LogP contribution in [0.4, 0.5) is 24.5 Å². The molecular weight excluding hydrogens is 539 g/mol. The number of hydrogen-bond donors (Lipinski definition) is 6. The lowest BCUT2D eigenvalue weighted by molar-refractivity contribution is -0.137. The van der Waals surface area contributed by atoms with Crippen LogP contribution in [0.2, 0.25) is 0 Å². The van der Waals surface area contributed by atoms with Gasteiger partial charge < -0.3 is 25.8 Å². The summed E-state index contributed by atoms with van der Waals surface area (Å²) in [4.78, 5) is 21.3. The van der Waals surface area contributed by atoms with E-state index in [1.165, 1.54) is 0 Å². The summed E-state index contributed by atoms with van der Waals surface area (Å²) >= 11 is 0. The van der Waals surface area contributed by atoms with Gasteiger partial charge in [-0.05, 0) is 31.4 Å². The number of amides is 1. The lowest BCUT2D eigenvalue weighted by Crippen LogP contribution is -2.43. The number of aromatic nitrogens is 1. The lowest BCUT2D eigenvalue weighted by Gasteiger charge is -2.21. The van der Waals surface area contributed by atoms with Crippen LogP contribution in [0.3, 0.4) is 0 Å². The van der Waals surface area contributed by atoms with E-state index in [4.69, 9.17) is 15.6 Å². The van der Waals surface area contributed by atoms with Gasteiger partial charge in [-0.1, -0.05) is 48.5 Å². The van der Waals surface area contributed by atoms with Crippen LogP contribution in [0.25, 0.3) is 0 Å². The molecule has 1 aromatic heterocycles. The summed E-state index contributed by atoms with van der Waals surface area (Å²) < 4.78 is 45.4. The van der Waals surface area contributed by atoms with Crippen LogP contribution in [0.5, 0.6) is 0 Å². The number of carbonyl (C=O) groups is 1. The number of rotatable bonds is 5. The van der Waals surface area contributed by atoms with Crippen molar-refractivity contribution in [3.05, 3.63) is 89.2 Å². The van der Waals surface area contributed by atoms with Crippen molar-refractivity contribution < 1.29 is 27.8 Å². The molecule has 2 aliphatic rings. The summed E-state index contributed by atoms with van der Waals surface area (Å²) in [5.74, 6) is -1.33. The first kappa shape index (κ1) is 27.8. The molecule has 0 saturated heterocycles.